The lowest BCUT2D eigenvalue weighted by molar-refractivity contribution is -0.153. The summed E-state index contributed by atoms with van der Waals surface area (Å²) in [6, 6.07) is 7.13. The quantitative estimate of drug-likeness (QED) is 0.192. The summed E-state index contributed by atoms with van der Waals surface area (Å²) < 4.78 is 16.3. The first-order chi connectivity index (χ1) is 20.8. The van der Waals surface area contributed by atoms with Crippen LogP contribution in [-0.2, 0) is 38.6 Å². The molecular formula is C31H31FN4O8. The average Bonchev–Trinajstić information content (AvgIpc) is 3.12. The third kappa shape index (κ3) is 4.07. The van der Waals surface area contributed by atoms with Gasteiger partial charge in [0.1, 0.15) is 22.9 Å². The monoisotopic (exact) mass is 606 g/mol. The molecule has 1 aliphatic heterocycles. The highest BCUT2D eigenvalue weighted by Crippen LogP contribution is 2.54. The van der Waals surface area contributed by atoms with Gasteiger partial charge in [0.2, 0.25) is 11.7 Å². The van der Waals surface area contributed by atoms with Crippen LogP contribution in [0.2, 0.25) is 0 Å². The van der Waals surface area contributed by atoms with Gasteiger partial charge in [-0.1, -0.05) is 30.3 Å². The van der Waals surface area contributed by atoms with Gasteiger partial charge in [-0.05, 0) is 44.8 Å². The summed E-state index contributed by atoms with van der Waals surface area (Å²) >= 11 is 0. The minimum atomic E-state index is -2.81. The number of benzene rings is 2. The Bertz CT molecular complexity index is 1720. The molecule has 5 atom stereocenters. The fourth-order valence-electron chi connectivity index (χ4n) is 7.24. The van der Waals surface area contributed by atoms with E-state index in [0.29, 0.717) is 0 Å². The fourth-order valence-corrected chi connectivity index (χ4v) is 7.24. The van der Waals surface area contributed by atoms with Gasteiger partial charge in [-0.3, -0.25) is 24.1 Å². The molecule has 12 nitrogen and oxygen atoms in total. The first-order valence-corrected chi connectivity index (χ1v) is 14.1. The van der Waals surface area contributed by atoms with Crippen molar-refractivity contribution in [3.05, 3.63) is 75.3 Å². The van der Waals surface area contributed by atoms with Crippen molar-refractivity contribution in [1.82, 2.24) is 10.2 Å². The molecule has 3 aliphatic carbocycles. The third-order valence-electron chi connectivity index (χ3n) is 9.29. The van der Waals surface area contributed by atoms with Crippen molar-refractivity contribution in [1.29, 1.82) is 0 Å². The number of likely N-dealkylation sites (N-methyl/N-ethyl adjacent to an activating group) is 1. The summed E-state index contributed by atoms with van der Waals surface area (Å²) in [5.41, 5.74) is 1.20. The molecule has 230 valence electrons. The molecule has 2 aromatic carbocycles. The highest BCUT2D eigenvalue weighted by Gasteiger charge is 2.64. The summed E-state index contributed by atoms with van der Waals surface area (Å²) in [7, 11) is 2.99. The number of halogens is 1. The van der Waals surface area contributed by atoms with Gasteiger partial charge in [-0.25, -0.2) is 4.39 Å². The lowest BCUT2D eigenvalue weighted by atomic mass is 9.57. The lowest BCUT2D eigenvalue weighted by Gasteiger charge is -2.50. The second-order valence-electron chi connectivity index (χ2n) is 11.9. The number of nitrogens with two attached hydrogens (primary N) is 1. The van der Waals surface area contributed by atoms with E-state index in [4.69, 9.17) is 5.73 Å². The van der Waals surface area contributed by atoms with Crippen LogP contribution in [0.1, 0.15) is 28.7 Å². The molecule has 44 heavy (non-hydrogen) atoms. The van der Waals surface area contributed by atoms with Gasteiger partial charge in [0.15, 0.2) is 17.1 Å². The van der Waals surface area contributed by atoms with E-state index in [1.54, 1.807) is 0 Å². The molecule has 6 rings (SSSR count). The smallest absolute Gasteiger partial charge is 0.255 e. The molecule has 0 radical (unpaired) electrons. The van der Waals surface area contributed by atoms with E-state index < -0.39 is 92.7 Å². The number of aromatic hydroxyl groups is 1. The maximum Gasteiger partial charge on any atom is 0.255 e. The largest absolute Gasteiger partial charge is 0.508 e. The van der Waals surface area contributed by atoms with Crippen LogP contribution in [0.4, 0.5) is 10.1 Å². The SMILES string of the molecule is CN(C)[C@@H]1C(=O)C(C(N)=O)=C(O)[C@@]2(O)C(=O)C3=C(O)c4c(O)c5c(c(F)c4C[C@H]3C[C@@H]12)CN[C@@H](Cc1ccccc1)C(=O)N5. The summed E-state index contributed by atoms with van der Waals surface area (Å²) in [6.45, 7) is -0.132. The number of hydrogen-bond acceptors (Lipinski definition) is 10. The molecule has 0 unspecified atom stereocenters. The summed E-state index contributed by atoms with van der Waals surface area (Å²) in [5.74, 6) is -9.71. The third-order valence-corrected chi connectivity index (χ3v) is 9.29. The Morgan fingerprint density at radius 3 is 2.43 bits per heavy atom. The molecule has 2 aromatic rings. The highest BCUT2D eigenvalue weighted by molar-refractivity contribution is 6.24. The molecule has 1 heterocycles. The maximum absolute atomic E-state index is 16.3. The second kappa shape index (κ2) is 10.3. The van der Waals surface area contributed by atoms with E-state index in [-0.39, 0.29) is 42.6 Å². The Hall–Kier alpha value is -4.59. The predicted molar refractivity (Wildman–Crippen MR) is 154 cm³/mol. The van der Waals surface area contributed by atoms with E-state index in [1.807, 2.05) is 30.3 Å². The van der Waals surface area contributed by atoms with E-state index >= 15 is 4.39 Å². The van der Waals surface area contributed by atoms with Gasteiger partial charge in [0, 0.05) is 29.2 Å². The van der Waals surface area contributed by atoms with Crippen molar-refractivity contribution in [3.8, 4) is 5.75 Å². The number of carbonyl (C=O) groups is 4. The number of phenolic OH excluding ortho intramolecular Hbond substituents is 1. The van der Waals surface area contributed by atoms with E-state index in [1.165, 1.54) is 19.0 Å². The fraction of sp³-hybridized carbons (Fsp3) is 0.355. The molecule has 0 bridgehead atoms. The van der Waals surface area contributed by atoms with Gasteiger partial charge < -0.3 is 36.8 Å². The van der Waals surface area contributed by atoms with Crippen LogP contribution in [-0.4, -0.2) is 80.5 Å². The minimum absolute atomic E-state index is 0.0363. The number of phenols is 1. The summed E-state index contributed by atoms with van der Waals surface area (Å²) in [5, 5.41) is 51.0. The topological polar surface area (TPSA) is 203 Å². The van der Waals surface area contributed by atoms with Crippen molar-refractivity contribution < 1.29 is 44.0 Å². The van der Waals surface area contributed by atoms with Crippen LogP contribution >= 0.6 is 0 Å². The van der Waals surface area contributed by atoms with E-state index in [2.05, 4.69) is 10.6 Å². The standard InChI is InChI=1S/C31H31FN4O8/c1-36(2)23-16-10-13-9-14-19(24(37)18(13)27(40)31(16,44)28(41)20(26(23)39)29(33)42)25(38)22-15(21(14)32)11-34-17(30(43)35-22)8-12-6-4-3-5-7-12/h3-7,13,16-17,23,34,37-38,41,44H,8-11H2,1-2H3,(H2,33,42)(H,35,43)/t13-,16-,17-,23-,31-/m0/s1. The number of nitrogens with zero attached hydrogens (tertiary/aromatic N) is 1. The van der Waals surface area contributed by atoms with Gasteiger partial charge >= 0.3 is 0 Å². The number of ketones is 2. The number of primary amides is 1. The molecule has 1 fully saturated rings. The van der Waals surface area contributed by atoms with Gasteiger partial charge in [0.05, 0.1) is 23.3 Å². The zero-order valence-corrected chi connectivity index (χ0v) is 23.8. The van der Waals surface area contributed by atoms with Crippen LogP contribution in [0.15, 0.2) is 47.2 Å². The highest BCUT2D eigenvalue weighted by atomic mass is 19.1. The van der Waals surface area contributed by atoms with Gasteiger partial charge in [-0.15, -0.1) is 0 Å². The maximum atomic E-state index is 16.3. The lowest BCUT2D eigenvalue weighted by Crippen LogP contribution is -2.65. The number of rotatable bonds is 4. The number of aliphatic hydroxyl groups is 3. The van der Waals surface area contributed by atoms with E-state index in [0.717, 1.165) is 5.56 Å². The number of carbonyl (C=O) groups excluding carboxylic acids is 4. The zero-order valence-electron chi connectivity index (χ0n) is 23.8. The Balaban J connectivity index is 1.46. The van der Waals surface area contributed by atoms with Crippen molar-refractivity contribution in [2.45, 2.75) is 43.5 Å². The number of Topliss-reactive ketones (excluding diaryl/α,β-unsaturated/α-hetero) is 2. The molecule has 0 aromatic heterocycles. The van der Waals surface area contributed by atoms with Crippen LogP contribution < -0.4 is 16.4 Å². The number of amides is 2. The van der Waals surface area contributed by atoms with E-state index in [9.17, 15) is 39.6 Å². The summed E-state index contributed by atoms with van der Waals surface area (Å²) in [6.07, 6.45) is -0.0928. The molecule has 4 aliphatic rings. The zero-order chi connectivity index (χ0) is 31.8. The minimum Gasteiger partial charge on any atom is -0.508 e. The second-order valence-corrected chi connectivity index (χ2v) is 11.9. The normalized spacial score (nSPS) is 28.2. The van der Waals surface area contributed by atoms with Crippen molar-refractivity contribution >= 4 is 34.8 Å². The van der Waals surface area contributed by atoms with Crippen LogP contribution in [0.5, 0.6) is 5.75 Å². The Kier molecular flexibility index (Phi) is 6.87. The van der Waals surface area contributed by atoms with Crippen LogP contribution in [0.3, 0.4) is 0 Å². The Morgan fingerprint density at radius 2 is 1.80 bits per heavy atom. The first kappa shape index (κ1) is 29.5. The Labute approximate surface area is 250 Å². The molecular weight excluding hydrogens is 575 g/mol. The van der Waals surface area contributed by atoms with Gasteiger partial charge in [0.25, 0.3) is 5.91 Å². The molecule has 13 heteroatoms. The first-order valence-electron chi connectivity index (χ1n) is 14.1. The number of fused-ring (bicyclic) bond motifs is 4. The molecule has 8 N–H and O–H groups in total. The predicted octanol–water partition coefficient (Wildman–Crippen LogP) is 0.756. The molecule has 1 saturated carbocycles. The van der Waals surface area contributed by atoms with Crippen molar-refractivity contribution in [2.75, 3.05) is 19.4 Å². The van der Waals surface area contributed by atoms with Crippen molar-refractivity contribution in [3.63, 3.8) is 0 Å². The van der Waals surface area contributed by atoms with Crippen LogP contribution in [0.25, 0.3) is 5.76 Å². The number of aliphatic hydroxyl groups excluding tert-OH is 2. The van der Waals surface area contributed by atoms with Gasteiger partial charge in [-0.2, -0.15) is 0 Å². The molecule has 2 amide bonds. The van der Waals surface area contributed by atoms with Crippen molar-refractivity contribution in [2.24, 2.45) is 17.6 Å². The molecule has 0 saturated heterocycles. The Morgan fingerprint density at radius 1 is 1.11 bits per heavy atom. The number of nitrogens with one attached hydrogen (secondary N) is 2. The number of hydrogen-bond donors (Lipinski definition) is 7. The van der Waals surface area contributed by atoms with Crippen LogP contribution in [0, 0.1) is 17.7 Å². The average molecular weight is 607 g/mol. The number of anilines is 1. The summed E-state index contributed by atoms with van der Waals surface area (Å²) in [4.78, 5) is 53.9. The molecule has 0 spiro atoms.